The molecule has 0 spiro atoms. The highest BCUT2D eigenvalue weighted by atomic mass is 32.2. The Morgan fingerprint density at radius 1 is 1.41 bits per heavy atom. The first kappa shape index (κ1) is 16.7. The Morgan fingerprint density at radius 2 is 2.05 bits per heavy atom. The maximum Gasteiger partial charge on any atom is 0.250 e. The highest BCUT2D eigenvalue weighted by Crippen LogP contribution is 2.47. The van der Waals surface area contributed by atoms with Crippen LogP contribution in [0.15, 0.2) is 11.0 Å². The van der Waals surface area contributed by atoms with Gasteiger partial charge in [-0.2, -0.15) is 5.84 Å². The lowest BCUT2D eigenvalue weighted by Gasteiger charge is -2.18. The van der Waals surface area contributed by atoms with Gasteiger partial charge in [0.25, 0.3) is 0 Å². The summed E-state index contributed by atoms with van der Waals surface area (Å²) in [6.45, 7) is 3.00. The zero-order valence-electron chi connectivity index (χ0n) is 12.8. The molecule has 1 aliphatic rings. The van der Waals surface area contributed by atoms with Crippen molar-refractivity contribution in [1.29, 1.82) is 0 Å². The molecule has 1 aromatic carbocycles. The minimum Gasteiger partial charge on any atom is -0.496 e. The summed E-state index contributed by atoms with van der Waals surface area (Å²) in [5.41, 5.74) is 3.80. The standard InChI is InChI=1S/C14H20N3O4S/c1-8-6-11(21-3)13(10-4-5-10)9(2)14(8)22(19,20)16-7-12(18)17-15/h6,10,15-16H,4-5,7H2,1-3H3,(H,17,18). The number of sulfonamides is 1. The van der Waals surface area contributed by atoms with Crippen LogP contribution in [0.25, 0.3) is 0 Å². The molecule has 1 amide bonds. The molecule has 0 atom stereocenters. The van der Waals surface area contributed by atoms with Crippen molar-refractivity contribution in [3.63, 3.8) is 0 Å². The number of hydrogen-bond donors (Lipinski definition) is 2. The second-order valence-corrected chi connectivity index (χ2v) is 7.11. The molecule has 7 nitrogen and oxygen atoms in total. The fraction of sp³-hybridized carbons (Fsp3) is 0.500. The molecule has 1 saturated carbocycles. The first-order valence-corrected chi connectivity index (χ1v) is 8.43. The second-order valence-electron chi connectivity index (χ2n) is 5.41. The first-order chi connectivity index (χ1) is 10.3. The number of carbonyl (C=O) groups is 1. The van der Waals surface area contributed by atoms with Gasteiger partial charge >= 0.3 is 0 Å². The Labute approximate surface area is 130 Å². The van der Waals surface area contributed by atoms with Crippen LogP contribution < -0.4 is 20.7 Å². The van der Waals surface area contributed by atoms with Crippen molar-refractivity contribution in [3.05, 3.63) is 22.8 Å². The number of amides is 1. The lowest BCUT2D eigenvalue weighted by Crippen LogP contribution is -2.36. The molecule has 0 heterocycles. The van der Waals surface area contributed by atoms with E-state index in [2.05, 4.69) is 4.72 Å². The van der Waals surface area contributed by atoms with Crippen molar-refractivity contribution in [3.8, 4) is 5.75 Å². The molecule has 1 radical (unpaired) electrons. The largest absolute Gasteiger partial charge is 0.496 e. The summed E-state index contributed by atoms with van der Waals surface area (Å²) >= 11 is 0. The van der Waals surface area contributed by atoms with Gasteiger partial charge in [0.15, 0.2) is 0 Å². The van der Waals surface area contributed by atoms with Crippen molar-refractivity contribution in [2.45, 2.75) is 37.5 Å². The summed E-state index contributed by atoms with van der Waals surface area (Å²) in [6.07, 6.45) is 2.04. The number of methoxy groups -OCH3 is 1. The van der Waals surface area contributed by atoms with E-state index in [4.69, 9.17) is 10.6 Å². The highest BCUT2D eigenvalue weighted by Gasteiger charge is 2.32. The van der Waals surface area contributed by atoms with Gasteiger partial charge in [-0.15, -0.1) is 0 Å². The SMILES string of the molecule is COc1cc(C)c(S(=O)(=O)NCC(=O)N[NH])c(C)c1C1CC1. The van der Waals surface area contributed by atoms with Gasteiger partial charge in [-0.05, 0) is 49.8 Å². The van der Waals surface area contributed by atoms with E-state index >= 15 is 0 Å². The van der Waals surface area contributed by atoms with Crippen LogP contribution in [0.1, 0.15) is 35.4 Å². The molecule has 0 aromatic heterocycles. The van der Waals surface area contributed by atoms with Crippen LogP contribution in [0.4, 0.5) is 0 Å². The maximum absolute atomic E-state index is 12.5. The lowest BCUT2D eigenvalue weighted by atomic mass is 10.0. The van der Waals surface area contributed by atoms with Gasteiger partial charge in [-0.3, -0.25) is 10.2 Å². The van der Waals surface area contributed by atoms with Crippen molar-refractivity contribution in [2.75, 3.05) is 13.7 Å². The quantitative estimate of drug-likeness (QED) is 0.753. The van der Waals surface area contributed by atoms with Crippen LogP contribution in [0.5, 0.6) is 5.75 Å². The minimum absolute atomic E-state index is 0.188. The average molecular weight is 326 g/mol. The number of nitrogens with one attached hydrogen (secondary N) is 3. The summed E-state index contributed by atoms with van der Waals surface area (Å²) in [4.78, 5) is 11.3. The summed E-state index contributed by atoms with van der Waals surface area (Å²) in [5.74, 6) is 7.04. The van der Waals surface area contributed by atoms with E-state index < -0.39 is 22.5 Å². The van der Waals surface area contributed by atoms with Crippen LogP contribution in [-0.2, 0) is 14.8 Å². The van der Waals surface area contributed by atoms with Crippen LogP contribution in [0, 0.1) is 13.8 Å². The molecule has 0 bridgehead atoms. The number of ether oxygens (including phenoxy) is 1. The van der Waals surface area contributed by atoms with Crippen LogP contribution in [0.2, 0.25) is 0 Å². The zero-order chi connectivity index (χ0) is 16.5. The molecule has 0 unspecified atom stereocenters. The van der Waals surface area contributed by atoms with E-state index in [-0.39, 0.29) is 4.90 Å². The van der Waals surface area contributed by atoms with Gasteiger partial charge in [0, 0.05) is 5.56 Å². The van der Waals surface area contributed by atoms with E-state index in [1.54, 1.807) is 32.4 Å². The average Bonchev–Trinajstić information content (AvgIpc) is 3.28. The topological polar surface area (TPSA) is 108 Å². The van der Waals surface area contributed by atoms with E-state index in [1.807, 2.05) is 0 Å². The van der Waals surface area contributed by atoms with Crippen molar-refractivity contribution in [1.82, 2.24) is 16.0 Å². The van der Waals surface area contributed by atoms with Gasteiger partial charge < -0.3 is 4.74 Å². The van der Waals surface area contributed by atoms with E-state index in [1.165, 1.54) is 0 Å². The third-order valence-corrected chi connectivity index (χ3v) is 5.44. The van der Waals surface area contributed by atoms with Crippen molar-refractivity contribution < 1.29 is 17.9 Å². The van der Waals surface area contributed by atoms with Crippen LogP contribution >= 0.6 is 0 Å². The molecule has 2 rings (SSSR count). The van der Waals surface area contributed by atoms with Crippen LogP contribution in [-0.4, -0.2) is 28.0 Å². The molecular weight excluding hydrogens is 306 g/mol. The zero-order valence-corrected chi connectivity index (χ0v) is 13.6. The number of carbonyl (C=O) groups excluding carboxylic acids is 1. The van der Waals surface area contributed by atoms with E-state index in [0.717, 1.165) is 18.4 Å². The van der Waals surface area contributed by atoms with Gasteiger partial charge in [-0.1, -0.05) is 0 Å². The Bertz CT molecular complexity index is 697. The fourth-order valence-electron chi connectivity index (χ4n) is 2.68. The molecule has 8 heteroatoms. The molecule has 0 aliphatic heterocycles. The predicted octanol–water partition coefficient (Wildman–Crippen LogP) is 0.782. The van der Waals surface area contributed by atoms with Gasteiger partial charge in [0.05, 0.1) is 18.6 Å². The molecule has 3 N–H and O–H groups in total. The summed E-state index contributed by atoms with van der Waals surface area (Å²) in [7, 11) is -2.26. The molecule has 1 aliphatic carbocycles. The smallest absolute Gasteiger partial charge is 0.250 e. The first-order valence-electron chi connectivity index (χ1n) is 6.95. The molecule has 22 heavy (non-hydrogen) atoms. The molecule has 0 saturated heterocycles. The molecule has 1 fully saturated rings. The van der Waals surface area contributed by atoms with Crippen molar-refractivity contribution >= 4 is 15.9 Å². The Hall–Kier alpha value is -1.64. The highest BCUT2D eigenvalue weighted by molar-refractivity contribution is 7.89. The van der Waals surface area contributed by atoms with E-state index in [0.29, 0.717) is 22.8 Å². The number of hydrogen-bond acceptors (Lipinski definition) is 4. The monoisotopic (exact) mass is 326 g/mol. The lowest BCUT2D eigenvalue weighted by molar-refractivity contribution is -0.120. The van der Waals surface area contributed by atoms with E-state index in [9.17, 15) is 13.2 Å². The second kappa shape index (κ2) is 6.23. The summed E-state index contributed by atoms with van der Waals surface area (Å²) in [6, 6.07) is 1.72. The number of benzene rings is 1. The molecular formula is C14H20N3O4S. The van der Waals surface area contributed by atoms with Gasteiger partial charge in [0.2, 0.25) is 15.9 Å². The van der Waals surface area contributed by atoms with Gasteiger partial charge in [-0.25, -0.2) is 13.1 Å². The number of rotatable bonds is 6. The number of aryl methyl sites for hydroxylation is 1. The Balaban J connectivity index is 2.46. The normalized spacial score (nSPS) is 14.7. The fourth-order valence-corrected chi connectivity index (χ4v) is 4.14. The van der Waals surface area contributed by atoms with Crippen LogP contribution in [0.3, 0.4) is 0 Å². The third-order valence-electron chi connectivity index (χ3n) is 3.75. The molecule has 1 aromatic rings. The maximum atomic E-state index is 12.5. The molecule has 121 valence electrons. The third kappa shape index (κ3) is 3.23. The predicted molar refractivity (Wildman–Crippen MR) is 80.9 cm³/mol. The summed E-state index contributed by atoms with van der Waals surface area (Å²) < 4.78 is 32.6. The Kier molecular flexibility index (Phi) is 4.74. The minimum atomic E-state index is -3.83. The Morgan fingerprint density at radius 3 is 2.55 bits per heavy atom. The summed E-state index contributed by atoms with van der Waals surface area (Å²) in [5, 5.41) is 0. The van der Waals surface area contributed by atoms with Crippen molar-refractivity contribution in [2.24, 2.45) is 0 Å². The van der Waals surface area contributed by atoms with Gasteiger partial charge in [0.1, 0.15) is 5.75 Å².